The Morgan fingerprint density at radius 2 is 2.08 bits per heavy atom. The van der Waals surface area contributed by atoms with Gasteiger partial charge in [-0.15, -0.1) is 0 Å². The highest BCUT2D eigenvalue weighted by Crippen LogP contribution is 2.24. The van der Waals surface area contributed by atoms with Crippen molar-refractivity contribution in [3.63, 3.8) is 0 Å². The first-order chi connectivity index (χ1) is 5.61. The van der Waals surface area contributed by atoms with E-state index in [-0.39, 0.29) is 6.04 Å². The Balaban J connectivity index is 2.40. The minimum Gasteiger partial charge on any atom is -0.268 e. The summed E-state index contributed by atoms with van der Waals surface area (Å²) in [6, 6.07) is 0.578. The van der Waals surface area contributed by atoms with E-state index in [4.69, 9.17) is 5.84 Å². The summed E-state index contributed by atoms with van der Waals surface area (Å²) in [7, 11) is 0. The van der Waals surface area contributed by atoms with Gasteiger partial charge in [-0.1, -0.05) is 0 Å². The number of rotatable bonds is 2. The molecule has 0 saturated heterocycles. The predicted octanol–water partition coefficient (Wildman–Crippen LogP) is 1.85. The monoisotopic (exact) mass is 174 g/mol. The summed E-state index contributed by atoms with van der Waals surface area (Å²) < 4.78 is 13.0. The molecule has 0 bridgehead atoms. The van der Waals surface area contributed by atoms with Gasteiger partial charge in [0.25, 0.3) is 0 Å². The van der Waals surface area contributed by atoms with Crippen molar-refractivity contribution in [2.24, 2.45) is 5.84 Å². The maximum Gasteiger partial charge on any atom is 0.102 e. The lowest BCUT2D eigenvalue weighted by atomic mass is 9.93. The lowest BCUT2D eigenvalue weighted by Gasteiger charge is -2.34. The normalized spacial score (nSPS) is 31.5. The Morgan fingerprint density at radius 3 is 2.58 bits per heavy atom. The molecule has 0 aromatic carbocycles. The van der Waals surface area contributed by atoms with Crippen LogP contribution in [-0.2, 0) is 0 Å². The molecule has 1 aliphatic rings. The highest BCUT2D eigenvalue weighted by molar-refractivity contribution is 4.79. The second-order valence-electron chi connectivity index (χ2n) is 3.96. The maximum atomic E-state index is 13.0. The third-order valence-electron chi connectivity index (χ3n) is 2.60. The topological polar surface area (TPSA) is 29.3 Å². The quantitative estimate of drug-likeness (QED) is 0.511. The molecule has 0 heterocycles. The zero-order valence-electron chi connectivity index (χ0n) is 7.96. The average molecular weight is 174 g/mol. The average Bonchev–Trinajstić information content (AvgIpc) is 2.03. The summed E-state index contributed by atoms with van der Waals surface area (Å²) in [4.78, 5) is 0. The van der Waals surface area contributed by atoms with Crippen LogP contribution in [0, 0.1) is 0 Å². The van der Waals surface area contributed by atoms with Crippen molar-refractivity contribution < 1.29 is 4.39 Å². The molecule has 0 aromatic heterocycles. The fraction of sp³-hybridized carbons (Fsp3) is 1.00. The van der Waals surface area contributed by atoms with Crippen LogP contribution in [0.4, 0.5) is 4.39 Å². The molecule has 2 atom stereocenters. The molecule has 1 rings (SSSR count). The van der Waals surface area contributed by atoms with E-state index in [1.54, 1.807) is 5.01 Å². The Morgan fingerprint density at radius 1 is 1.42 bits per heavy atom. The first-order valence-electron chi connectivity index (χ1n) is 4.78. The van der Waals surface area contributed by atoms with Crippen LogP contribution < -0.4 is 5.84 Å². The van der Waals surface area contributed by atoms with Gasteiger partial charge in [0, 0.05) is 12.1 Å². The first-order valence-corrected chi connectivity index (χ1v) is 4.78. The van der Waals surface area contributed by atoms with Gasteiger partial charge in [0.1, 0.15) is 6.17 Å². The largest absolute Gasteiger partial charge is 0.268 e. The standard InChI is InChI=1S/C9H19FN2/c1-7(2)12(11)9-5-3-4-8(10)6-9/h7-9H,3-6,11H2,1-2H3. The molecule has 0 spiro atoms. The van der Waals surface area contributed by atoms with Crippen LogP contribution in [0.25, 0.3) is 0 Å². The number of hydrogen-bond donors (Lipinski definition) is 1. The molecule has 72 valence electrons. The third kappa shape index (κ3) is 2.42. The lowest BCUT2D eigenvalue weighted by molar-refractivity contribution is 0.0861. The summed E-state index contributed by atoms with van der Waals surface area (Å²) in [6.45, 7) is 4.09. The van der Waals surface area contributed by atoms with Gasteiger partial charge >= 0.3 is 0 Å². The van der Waals surface area contributed by atoms with E-state index in [9.17, 15) is 4.39 Å². The summed E-state index contributed by atoms with van der Waals surface area (Å²) >= 11 is 0. The molecule has 0 radical (unpaired) electrons. The molecule has 12 heavy (non-hydrogen) atoms. The molecule has 2 unspecified atom stereocenters. The number of halogens is 1. The maximum absolute atomic E-state index is 13.0. The number of hydrazine groups is 1. The summed E-state index contributed by atoms with van der Waals surface area (Å²) in [5.74, 6) is 5.82. The lowest BCUT2D eigenvalue weighted by Crippen LogP contribution is -2.48. The van der Waals surface area contributed by atoms with Gasteiger partial charge in [0.15, 0.2) is 0 Å². The second-order valence-corrected chi connectivity index (χ2v) is 3.96. The van der Waals surface area contributed by atoms with E-state index in [0.29, 0.717) is 12.5 Å². The molecular weight excluding hydrogens is 155 g/mol. The van der Waals surface area contributed by atoms with Crippen molar-refractivity contribution in [1.82, 2.24) is 5.01 Å². The van der Waals surface area contributed by atoms with Gasteiger partial charge in [0.2, 0.25) is 0 Å². The van der Waals surface area contributed by atoms with Crippen LogP contribution in [0.3, 0.4) is 0 Å². The first kappa shape index (κ1) is 9.93. The minimum atomic E-state index is -0.631. The smallest absolute Gasteiger partial charge is 0.102 e. The summed E-state index contributed by atoms with van der Waals surface area (Å²) in [6.07, 6.45) is 2.74. The van der Waals surface area contributed by atoms with Crippen molar-refractivity contribution >= 4 is 0 Å². The van der Waals surface area contributed by atoms with Crippen LogP contribution in [0.15, 0.2) is 0 Å². The van der Waals surface area contributed by atoms with Gasteiger partial charge in [-0.3, -0.25) is 5.84 Å². The molecule has 1 fully saturated rings. The minimum absolute atomic E-state index is 0.258. The van der Waals surface area contributed by atoms with Crippen molar-refractivity contribution in [2.75, 3.05) is 0 Å². The van der Waals surface area contributed by atoms with Gasteiger partial charge in [-0.25, -0.2) is 9.40 Å². The van der Waals surface area contributed by atoms with Crippen molar-refractivity contribution in [3.8, 4) is 0 Å². The van der Waals surface area contributed by atoms with E-state index in [1.807, 2.05) is 13.8 Å². The molecular formula is C9H19FN2. The van der Waals surface area contributed by atoms with E-state index >= 15 is 0 Å². The number of alkyl halides is 1. The van der Waals surface area contributed by atoms with Crippen LogP contribution >= 0.6 is 0 Å². The van der Waals surface area contributed by atoms with E-state index < -0.39 is 6.17 Å². The number of hydrogen-bond acceptors (Lipinski definition) is 2. The molecule has 3 heteroatoms. The predicted molar refractivity (Wildman–Crippen MR) is 48.3 cm³/mol. The van der Waals surface area contributed by atoms with Gasteiger partial charge in [-0.05, 0) is 39.5 Å². The van der Waals surface area contributed by atoms with Gasteiger partial charge < -0.3 is 0 Å². The van der Waals surface area contributed by atoms with Crippen molar-refractivity contribution in [2.45, 2.75) is 57.8 Å². The Bertz CT molecular complexity index is 138. The molecule has 0 amide bonds. The number of nitrogens with two attached hydrogens (primary N) is 1. The van der Waals surface area contributed by atoms with E-state index in [2.05, 4.69) is 0 Å². The molecule has 2 N–H and O–H groups in total. The van der Waals surface area contributed by atoms with Crippen LogP contribution in [0.5, 0.6) is 0 Å². The van der Waals surface area contributed by atoms with Crippen LogP contribution in [-0.4, -0.2) is 23.3 Å². The molecule has 0 aromatic rings. The van der Waals surface area contributed by atoms with Crippen molar-refractivity contribution in [1.29, 1.82) is 0 Å². The fourth-order valence-electron chi connectivity index (χ4n) is 1.80. The SMILES string of the molecule is CC(C)N(N)C1CCCC(F)C1. The summed E-state index contributed by atoms with van der Waals surface area (Å²) in [5.41, 5.74) is 0. The molecule has 1 aliphatic carbocycles. The van der Waals surface area contributed by atoms with Gasteiger partial charge in [0.05, 0.1) is 0 Å². The zero-order valence-corrected chi connectivity index (χ0v) is 7.96. The van der Waals surface area contributed by atoms with E-state index in [0.717, 1.165) is 19.3 Å². The zero-order chi connectivity index (χ0) is 9.14. The van der Waals surface area contributed by atoms with Crippen LogP contribution in [0.1, 0.15) is 39.5 Å². The Kier molecular flexibility index (Phi) is 3.47. The van der Waals surface area contributed by atoms with E-state index in [1.165, 1.54) is 0 Å². The molecule has 2 nitrogen and oxygen atoms in total. The summed E-state index contributed by atoms with van der Waals surface area (Å²) in [5, 5.41) is 1.80. The van der Waals surface area contributed by atoms with Crippen molar-refractivity contribution in [3.05, 3.63) is 0 Å². The second kappa shape index (κ2) is 4.19. The molecule has 1 saturated carbocycles. The Labute approximate surface area is 73.9 Å². The third-order valence-corrected chi connectivity index (χ3v) is 2.60. The molecule has 0 aliphatic heterocycles. The fourth-order valence-corrected chi connectivity index (χ4v) is 1.80. The van der Waals surface area contributed by atoms with Crippen LogP contribution in [0.2, 0.25) is 0 Å². The highest BCUT2D eigenvalue weighted by atomic mass is 19.1. The van der Waals surface area contributed by atoms with Gasteiger partial charge in [-0.2, -0.15) is 0 Å². The highest BCUT2D eigenvalue weighted by Gasteiger charge is 2.25. The Hall–Kier alpha value is -0.150. The number of nitrogens with zero attached hydrogens (tertiary/aromatic N) is 1.